The van der Waals surface area contributed by atoms with Gasteiger partial charge in [0.25, 0.3) is 0 Å². The Morgan fingerprint density at radius 2 is 1.62 bits per heavy atom. The average Bonchev–Trinajstić information content (AvgIpc) is 2.97. The summed E-state index contributed by atoms with van der Waals surface area (Å²) in [4.78, 5) is 2.82. The fraction of sp³-hybridized carbons (Fsp3) is 1.00. The van der Waals surface area contributed by atoms with Gasteiger partial charge in [0.2, 0.25) is 0 Å². The van der Waals surface area contributed by atoms with Gasteiger partial charge < -0.3 is 10.2 Å². The van der Waals surface area contributed by atoms with Crippen molar-refractivity contribution < 1.29 is 0 Å². The number of nitrogens with one attached hydrogen (secondary N) is 1. The second-order valence-corrected chi connectivity index (χ2v) is 8.67. The summed E-state index contributed by atoms with van der Waals surface area (Å²) in [5.74, 6) is 0. The van der Waals surface area contributed by atoms with Crippen molar-refractivity contribution in [2.24, 2.45) is 5.41 Å². The Morgan fingerprint density at radius 3 is 2.14 bits per heavy atom. The summed E-state index contributed by atoms with van der Waals surface area (Å²) in [5.41, 5.74) is 0.777. The monoisotopic (exact) mass is 294 g/mol. The Kier molecular flexibility index (Phi) is 6.14. The average molecular weight is 295 g/mol. The summed E-state index contributed by atoms with van der Waals surface area (Å²) in [6.45, 7) is 13.1. The fourth-order valence-corrected chi connectivity index (χ4v) is 4.34. The molecule has 0 radical (unpaired) electrons. The Bertz CT molecular complexity index is 293. The highest BCUT2D eigenvalue weighted by atomic mass is 15.2. The predicted octanol–water partition coefficient (Wildman–Crippen LogP) is 4.59. The second kappa shape index (κ2) is 7.46. The first-order valence-corrected chi connectivity index (χ1v) is 9.43. The quantitative estimate of drug-likeness (QED) is 0.771. The highest BCUT2D eigenvalue weighted by Crippen LogP contribution is 2.38. The third-order valence-corrected chi connectivity index (χ3v) is 5.69. The zero-order chi connectivity index (χ0) is 15.3. The Morgan fingerprint density at radius 1 is 1.00 bits per heavy atom. The third kappa shape index (κ3) is 5.25. The smallest absolute Gasteiger partial charge is 0.00967 e. The topological polar surface area (TPSA) is 15.3 Å². The lowest BCUT2D eigenvalue weighted by Crippen LogP contribution is -2.51. The first kappa shape index (κ1) is 17.3. The maximum absolute atomic E-state index is 3.83. The normalized spacial score (nSPS) is 23.9. The van der Waals surface area contributed by atoms with Gasteiger partial charge in [0.05, 0.1) is 0 Å². The molecule has 2 aliphatic carbocycles. The molecule has 0 amide bonds. The molecule has 0 heterocycles. The van der Waals surface area contributed by atoms with Crippen LogP contribution in [-0.2, 0) is 0 Å². The van der Waals surface area contributed by atoms with E-state index >= 15 is 0 Å². The molecule has 124 valence electrons. The molecule has 2 rings (SSSR count). The fourth-order valence-electron chi connectivity index (χ4n) is 4.34. The largest absolute Gasteiger partial charge is 0.311 e. The number of hydrogen-bond acceptors (Lipinski definition) is 2. The first-order chi connectivity index (χ1) is 9.94. The van der Waals surface area contributed by atoms with Crippen molar-refractivity contribution in [1.82, 2.24) is 10.2 Å². The lowest BCUT2D eigenvalue weighted by molar-refractivity contribution is 0.0736. The minimum Gasteiger partial charge on any atom is -0.311 e. The van der Waals surface area contributed by atoms with Crippen LogP contribution in [-0.4, -0.2) is 36.1 Å². The molecule has 2 aliphatic rings. The van der Waals surface area contributed by atoms with Gasteiger partial charge in [0.15, 0.2) is 0 Å². The van der Waals surface area contributed by atoms with E-state index in [1.807, 2.05) is 0 Å². The SMILES string of the molecule is CCN(CC1(CNC(C)(C)C)CCCCC1)C1CCCC1. The van der Waals surface area contributed by atoms with E-state index in [1.54, 1.807) is 0 Å². The maximum Gasteiger partial charge on any atom is 0.00967 e. The molecule has 0 atom stereocenters. The minimum absolute atomic E-state index is 0.245. The van der Waals surface area contributed by atoms with Crippen LogP contribution >= 0.6 is 0 Å². The number of hydrogen-bond donors (Lipinski definition) is 1. The van der Waals surface area contributed by atoms with E-state index < -0.39 is 0 Å². The maximum atomic E-state index is 3.83. The van der Waals surface area contributed by atoms with Crippen molar-refractivity contribution in [3.8, 4) is 0 Å². The molecule has 21 heavy (non-hydrogen) atoms. The standard InChI is InChI=1S/C19H38N2/c1-5-21(17-11-7-8-12-17)16-19(13-9-6-10-14-19)15-20-18(2,3)4/h17,20H,5-16H2,1-4H3. The lowest BCUT2D eigenvalue weighted by Gasteiger charge is -2.44. The van der Waals surface area contributed by atoms with Crippen LogP contribution < -0.4 is 5.32 Å². The van der Waals surface area contributed by atoms with Gasteiger partial charge in [-0.15, -0.1) is 0 Å². The van der Waals surface area contributed by atoms with Crippen LogP contribution in [0.3, 0.4) is 0 Å². The van der Waals surface area contributed by atoms with Crippen molar-refractivity contribution in [3.05, 3.63) is 0 Å². The molecule has 2 nitrogen and oxygen atoms in total. The highest BCUT2D eigenvalue weighted by Gasteiger charge is 2.36. The van der Waals surface area contributed by atoms with Crippen molar-refractivity contribution >= 4 is 0 Å². The molecule has 0 aliphatic heterocycles. The zero-order valence-corrected chi connectivity index (χ0v) is 15.0. The van der Waals surface area contributed by atoms with Crippen LogP contribution in [0.1, 0.15) is 85.5 Å². The van der Waals surface area contributed by atoms with Crippen molar-refractivity contribution in [3.63, 3.8) is 0 Å². The highest BCUT2D eigenvalue weighted by molar-refractivity contribution is 4.91. The van der Waals surface area contributed by atoms with Gasteiger partial charge in [0.1, 0.15) is 0 Å². The van der Waals surface area contributed by atoms with Gasteiger partial charge in [-0.1, -0.05) is 39.0 Å². The van der Waals surface area contributed by atoms with Crippen molar-refractivity contribution in [2.45, 2.75) is 97.1 Å². The molecule has 0 spiro atoms. The number of rotatable bonds is 6. The lowest BCUT2D eigenvalue weighted by atomic mass is 9.73. The zero-order valence-electron chi connectivity index (χ0n) is 15.0. The van der Waals surface area contributed by atoms with Gasteiger partial charge in [-0.3, -0.25) is 0 Å². The molecule has 1 N–H and O–H groups in total. The molecule has 2 fully saturated rings. The Hall–Kier alpha value is -0.0800. The summed E-state index contributed by atoms with van der Waals surface area (Å²) < 4.78 is 0. The molecule has 0 unspecified atom stereocenters. The van der Waals surface area contributed by atoms with Gasteiger partial charge >= 0.3 is 0 Å². The van der Waals surface area contributed by atoms with Gasteiger partial charge in [-0.2, -0.15) is 0 Å². The molecule has 0 saturated heterocycles. The van der Waals surface area contributed by atoms with E-state index in [-0.39, 0.29) is 5.54 Å². The summed E-state index contributed by atoms with van der Waals surface area (Å²) in [7, 11) is 0. The molecule has 2 heteroatoms. The van der Waals surface area contributed by atoms with Crippen LogP contribution in [0.25, 0.3) is 0 Å². The Labute approximate surface area is 133 Å². The van der Waals surface area contributed by atoms with Crippen LogP contribution in [0.15, 0.2) is 0 Å². The van der Waals surface area contributed by atoms with E-state index in [2.05, 4.69) is 37.9 Å². The Balaban J connectivity index is 2.00. The molecule has 0 aromatic carbocycles. The van der Waals surface area contributed by atoms with Crippen molar-refractivity contribution in [1.29, 1.82) is 0 Å². The predicted molar refractivity (Wildman–Crippen MR) is 92.8 cm³/mol. The van der Waals surface area contributed by atoms with Crippen LogP contribution in [0, 0.1) is 5.41 Å². The van der Waals surface area contributed by atoms with E-state index in [0.717, 1.165) is 6.04 Å². The van der Waals surface area contributed by atoms with Crippen molar-refractivity contribution in [2.75, 3.05) is 19.6 Å². The summed E-state index contributed by atoms with van der Waals surface area (Å²) in [5, 5.41) is 3.83. The molecular weight excluding hydrogens is 256 g/mol. The molecule has 2 saturated carbocycles. The van der Waals surface area contributed by atoms with Gasteiger partial charge in [-0.05, 0) is 58.4 Å². The summed E-state index contributed by atoms with van der Waals surface area (Å²) in [6.07, 6.45) is 13.0. The van der Waals surface area contributed by atoms with Crippen LogP contribution in [0.4, 0.5) is 0 Å². The summed E-state index contributed by atoms with van der Waals surface area (Å²) >= 11 is 0. The van der Waals surface area contributed by atoms with Gasteiger partial charge in [0, 0.05) is 24.7 Å². The summed E-state index contributed by atoms with van der Waals surface area (Å²) in [6, 6.07) is 0.878. The van der Waals surface area contributed by atoms with Crippen LogP contribution in [0.5, 0.6) is 0 Å². The van der Waals surface area contributed by atoms with E-state index in [4.69, 9.17) is 0 Å². The molecule has 0 aromatic heterocycles. The third-order valence-electron chi connectivity index (χ3n) is 5.69. The van der Waals surface area contributed by atoms with E-state index in [0.29, 0.717) is 5.41 Å². The first-order valence-electron chi connectivity index (χ1n) is 9.43. The minimum atomic E-state index is 0.245. The molecular formula is C19H38N2. The molecule has 0 aromatic rings. The van der Waals surface area contributed by atoms with Gasteiger partial charge in [-0.25, -0.2) is 0 Å². The molecule has 0 bridgehead atoms. The van der Waals surface area contributed by atoms with E-state index in [1.165, 1.54) is 77.4 Å². The van der Waals surface area contributed by atoms with E-state index in [9.17, 15) is 0 Å². The van der Waals surface area contributed by atoms with Crippen LogP contribution in [0.2, 0.25) is 0 Å². The number of nitrogens with zero attached hydrogens (tertiary/aromatic N) is 1. The second-order valence-electron chi connectivity index (χ2n) is 8.67.